The molecule has 0 aliphatic carbocycles. The summed E-state index contributed by atoms with van der Waals surface area (Å²) < 4.78 is 14.3. The van der Waals surface area contributed by atoms with Gasteiger partial charge in [0.25, 0.3) is 0 Å². The summed E-state index contributed by atoms with van der Waals surface area (Å²) in [6, 6.07) is 6.21. The standard InChI is InChI=1S/C17H21FN2O2/c1-13(2)17(22,11-16(21)20-10-9-19-12-20)8-7-14-3-5-15(18)6-4-14/h3-6,9-10,12-13,22H,7-8,11H2,1-2H3. The van der Waals surface area contributed by atoms with Crippen molar-refractivity contribution < 1.29 is 14.3 Å². The van der Waals surface area contributed by atoms with Crippen LogP contribution >= 0.6 is 0 Å². The van der Waals surface area contributed by atoms with Crippen LogP contribution in [-0.2, 0) is 6.42 Å². The van der Waals surface area contributed by atoms with Crippen molar-refractivity contribution in [2.24, 2.45) is 5.92 Å². The van der Waals surface area contributed by atoms with Gasteiger partial charge in [0.2, 0.25) is 5.91 Å². The van der Waals surface area contributed by atoms with Crippen LogP contribution in [0.3, 0.4) is 0 Å². The van der Waals surface area contributed by atoms with Crippen LogP contribution < -0.4 is 0 Å². The molecular formula is C17H21FN2O2. The van der Waals surface area contributed by atoms with Crippen molar-refractivity contribution in [3.63, 3.8) is 0 Å². The third-order valence-corrected chi connectivity index (χ3v) is 4.08. The molecule has 0 radical (unpaired) electrons. The van der Waals surface area contributed by atoms with Crippen LogP contribution in [0.1, 0.15) is 37.0 Å². The van der Waals surface area contributed by atoms with Crippen LogP contribution in [0.5, 0.6) is 0 Å². The highest BCUT2D eigenvalue weighted by atomic mass is 19.1. The number of rotatable bonds is 6. The second-order valence-electron chi connectivity index (χ2n) is 5.93. The predicted octanol–water partition coefficient (Wildman–Crippen LogP) is 3.07. The van der Waals surface area contributed by atoms with Crippen molar-refractivity contribution >= 4 is 5.91 Å². The summed E-state index contributed by atoms with van der Waals surface area (Å²) in [7, 11) is 0. The lowest BCUT2D eigenvalue weighted by Crippen LogP contribution is -2.39. The molecule has 1 N–H and O–H groups in total. The molecule has 0 fully saturated rings. The molecule has 1 heterocycles. The van der Waals surface area contributed by atoms with Gasteiger partial charge in [0, 0.05) is 12.4 Å². The largest absolute Gasteiger partial charge is 0.389 e. The molecule has 0 amide bonds. The van der Waals surface area contributed by atoms with Gasteiger partial charge in [0.1, 0.15) is 12.1 Å². The fraction of sp³-hybridized carbons (Fsp3) is 0.412. The first-order valence-electron chi connectivity index (χ1n) is 7.39. The van der Waals surface area contributed by atoms with Gasteiger partial charge in [0.15, 0.2) is 0 Å². The molecule has 5 heteroatoms. The Labute approximate surface area is 129 Å². The zero-order valence-corrected chi connectivity index (χ0v) is 12.9. The fourth-order valence-corrected chi connectivity index (χ4v) is 2.35. The molecule has 1 aromatic heterocycles. The molecule has 0 aliphatic heterocycles. The lowest BCUT2D eigenvalue weighted by Gasteiger charge is -2.31. The van der Waals surface area contributed by atoms with Crippen LogP contribution in [0.15, 0.2) is 43.0 Å². The van der Waals surface area contributed by atoms with Crippen molar-refractivity contribution in [2.45, 2.75) is 38.7 Å². The number of aromatic nitrogens is 2. The molecule has 4 nitrogen and oxygen atoms in total. The summed E-state index contributed by atoms with van der Waals surface area (Å²) in [6.07, 6.45) is 5.60. The minimum Gasteiger partial charge on any atom is -0.389 e. The minimum atomic E-state index is -1.10. The molecule has 1 aromatic carbocycles. The highest BCUT2D eigenvalue weighted by Gasteiger charge is 2.33. The molecule has 118 valence electrons. The first kappa shape index (κ1) is 16.4. The van der Waals surface area contributed by atoms with Gasteiger partial charge in [-0.2, -0.15) is 0 Å². The summed E-state index contributed by atoms with van der Waals surface area (Å²) in [5, 5.41) is 10.8. The molecule has 2 aromatic rings. The van der Waals surface area contributed by atoms with Gasteiger partial charge in [-0.15, -0.1) is 0 Å². The number of aliphatic hydroxyl groups is 1. The van der Waals surface area contributed by atoms with E-state index >= 15 is 0 Å². The number of hydrogen-bond acceptors (Lipinski definition) is 3. The lowest BCUT2D eigenvalue weighted by molar-refractivity contribution is -0.0173. The second kappa shape index (κ2) is 6.83. The summed E-state index contributed by atoms with van der Waals surface area (Å²) in [4.78, 5) is 16.0. The molecular weight excluding hydrogens is 283 g/mol. The van der Waals surface area contributed by atoms with Crippen LogP contribution in [0.25, 0.3) is 0 Å². The molecule has 0 saturated carbocycles. The SMILES string of the molecule is CC(C)C(O)(CCc1ccc(F)cc1)CC(=O)n1ccnc1. The molecule has 1 unspecified atom stereocenters. The van der Waals surface area contributed by atoms with E-state index in [2.05, 4.69) is 4.98 Å². The van der Waals surface area contributed by atoms with Crippen molar-refractivity contribution in [3.8, 4) is 0 Å². The molecule has 2 rings (SSSR count). The molecule has 0 aliphatic rings. The van der Waals surface area contributed by atoms with Gasteiger partial charge >= 0.3 is 0 Å². The maximum Gasteiger partial charge on any atom is 0.234 e. The molecule has 0 saturated heterocycles. The summed E-state index contributed by atoms with van der Waals surface area (Å²) >= 11 is 0. The number of aryl methyl sites for hydroxylation is 1. The third-order valence-electron chi connectivity index (χ3n) is 4.08. The van der Waals surface area contributed by atoms with E-state index in [0.29, 0.717) is 12.8 Å². The van der Waals surface area contributed by atoms with Gasteiger partial charge in [-0.3, -0.25) is 9.36 Å². The van der Waals surface area contributed by atoms with Gasteiger partial charge < -0.3 is 5.11 Å². The van der Waals surface area contributed by atoms with E-state index in [9.17, 15) is 14.3 Å². The Morgan fingerprint density at radius 3 is 2.59 bits per heavy atom. The topological polar surface area (TPSA) is 55.1 Å². The van der Waals surface area contributed by atoms with Crippen molar-refractivity contribution in [3.05, 3.63) is 54.4 Å². The van der Waals surface area contributed by atoms with Crippen molar-refractivity contribution in [1.82, 2.24) is 9.55 Å². The van der Waals surface area contributed by atoms with E-state index < -0.39 is 5.60 Å². The summed E-state index contributed by atoms with van der Waals surface area (Å²) in [6.45, 7) is 3.79. The lowest BCUT2D eigenvalue weighted by atomic mass is 9.82. The monoisotopic (exact) mass is 304 g/mol. The Hall–Kier alpha value is -2.01. The molecule has 22 heavy (non-hydrogen) atoms. The average Bonchev–Trinajstić information content (AvgIpc) is 3.01. The predicted molar refractivity (Wildman–Crippen MR) is 82.0 cm³/mol. The Balaban J connectivity index is 2.04. The van der Waals surface area contributed by atoms with E-state index in [-0.39, 0.29) is 24.1 Å². The van der Waals surface area contributed by atoms with E-state index in [1.807, 2.05) is 13.8 Å². The van der Waals surface area contributed by atoms with E-state index in [1.165, 1.54) is 29.2 Å². The van der Waals surface area contributed by atoms with Gasteiger partial charge in [-0.05, 0) is 36.5 Å². The van der Waals surface area contributed by atoms with E-state index in [4.69, 9.17) is 0 Å². The average molecular weight is 304 g/mol. The fourth-order valence-electron chi connectivity index (χ4n) is 2.35. The number of carbonyl (C=O) groups excluding carboxylic acids is 1. The Bertz CT molecular complexity index is 608. The molecule has 0 bridgehead atoms. The Kier molecular flexibility index (Phi) is 5.08. The summed E-state index contributed by atoms with van der Waals surface area (Å²) in [5.41, 5.74) is -0.161. The van der Waals surface area contributed by atoms with Gasteiger partial charge in [0.05, 0.1) is 12.0 Å². The van der Waals surface area contributed by atoms with Crippen molar-refractivity contribution in [2.75, 3.05) is 0 Å². The normalized spacial score (nSPS) is 14.0. The highest BCUT2D eigenvalue weighted by molar-refractivity contribution is 5.79. The Morgan fingerprint density at radius 2 is 2.05 bits per heavy atom. The number of carbonyl (C=O) groups is 1. The van der Waals surface area contributed by atoms with Gasteiger partial charge in [-0.25, -0.2) is 9.37 Å². The quantitative estimate of drug-likeness (QED) is 0.892. The maximum absolute atomic E-state index is 12.9. The van der Waals surface area contributed by atoms with Crippen LogP contribution in [-0.4, -0.2) is 26.2 Å². The third kappa shape index (κ3) is 4.01. The van der Waals surface area contributed by atoms with Gasteiger partial charge in [-0.1, -0.05) is 26.0 Å². The van der Waals surface area contributed by atoms with E-state index in [0.717, 1.165) is 5.56 Å². The molecule has 0 spiro atoms. The van der Waals surface area contributed by atoms with Crippen LogP contribution in [0.2, 0.25) is 0 Å². The van der Waals surface area contributed by atoms with Crippen molar-refractivity contribution in [1.29, 1.82) is 0 Å². The number of halogens is 1. The number of hydrogen-bond donors (Lipinski definition) is 1. The van der Waals surface area contributed by atoms with Crippen LogP contribution in [0, 0.1) is 11.7 Å². The maximum atomic E-state index is 12.9. The smallest absolute Gasteiger partial charge is 0.234 e. The number of benzene rings is 1. The van der Waals surface area contributed by atoms with E-state index in [1.54, 1.807) is 18.3 Å². The Morgan fingerprint density at radius 1 is 1.36 bits per heavy atom. The minimum absolute atomic E-state index is 0.0300. The molecule has 1 atom stereocenters. The highest BCUT2D eigenvalue weighted by Crippen LogP contribution is 2.28. The number of imidazole rings is 1. The number of nitrogens with zero attached hydrogens (tertiary/aromatic N) is 2. The summed E-state index contributed by atoms with van der Waals surface area (Å²) in [5.74, 6) is -0.536. The zero-order chi connectivity index (χ0) is 16.2. The zero-order valence-electron chi connectivity index (χ0n) is 12.9. The second-order valence-corrected chi connectivity index (χ2v) is 5.93. The first-order chi connectivity index (χ1) is 10.4. The van der Waals surface area contributed by atoms with Crippen LogP contribution in [0.4, 0.5) is 4.39 Å². The first-order valence-corrected chi connectivity index (χ1v) is 7.39.